The second kappa shape index (κ2) is 7.42. The molecule has 4 heteroatoms. The van der Waals surface area contributed by atoms with Gasteiger partial charge in [0.2, 0.25) is 0 Å². The molecule has 1 heterocycles. The molecular formula is C21H30N2O2. The average molecular weight is 342 g/mol. The molecule has 2 rings (SSSR count). The summed E-state index contributed by atoms with van der Waals surface area (Å²) in [5.41, 5.74) is 2.10. The number of benzene rings is 1. The summed E-state index contributed by atoms with van der Waals surface area (Å²) in [5.74, 6) is 0.281. The summed E-state index contributed by atoms with van der Waals surface area (Å²) in [6, 6.07) is 9.94. The van der Waals surface area contributed by atoms with Gasteiger partial charge in [0.15, 0.2) is 0 Å². The second-order valence-electron chi connectivity index (χ2n) is 7.54. The molecule has 0 aliphatic carbocycles. The number of amides is 2. The quantitative estimate of drug-likeness (QED) is 0.769. The van der Waals surface area contributed by atoms with Gasteiger partial charge in [-0.1, -0.05) is 49.8 Å². The summed E-state index contributed by atoms with van der Waals surface area (Å²) in [6.07, 6.45) is 1.70. The van der Waals surface area contributed by atoms with Gasteiger partial charge in [0.25, 0.3) is 0 Å². The third kappa shape index (κ3) is 3.35. The largest absolute Gasteiger partial charge is 0.325 e. The molecular weight excluding hydrogens is 312 g/mol. The van der Waals surface area contributed by atoms with E-state index in [1.165, 1.54) is 0 Å². The SMILES string of the molecule is CC(C)C1=C(C=O)C(C)(c2ccccc2)N(C(=O)N(C)C(C)C)CC1. The predicted octanol–water partition coefficient (Wildman–Crippen LogP) is 4.22. The van der Waals surface area contributed by atoms with Gasteiger partial charge in [-0.25, -0.2) is 4.79 Å². The summed E-state index contributed by atoms with van der Waals surface area (Å²) in [6.45, 7) is 10.8. The van der Waals surface area contributed by atoms with Gasteiger partial charge in [-0.2, -0.15) is 0 Å². The zero-order valence-corrected chi connectivity index (χ0v) is 16.2. The Labute approximate surface area is 151 Å². The predicted molar refractivity (Wildman–Crippen MR) is 101 cm³/mol. The van der Waals surface area contributed by atoms with E-state index in [-0.39, 0.29) is 18.0 Å². The lowest BCUT2D eigenvalue weighted by Gasteiger charge is -2.48. The molecule has 0 N–H and O–H groups in total. The maximum absolute atomic E-state index is 13.2. The van der Waals surface area contributed by atoms with E-state index in [1.807, 2.05) is 63.1 Å². The van der Waals surface area contributed by atoms with Gasteiger partial charge in [0.1, 0.15) is 6.29 Å². The topological polar surface area (TPSA) is 40.6 Å². The monoisotopic (exact) mass is 342 g/mol. The van der Waals surface area contributed by atoms with E-state index >= 15 is 0 Å². The van der Waals surface area contributed by atoms with Crippen molar-refractivity contribution in [3.8, 4) is 0 Å². The molecule has 1 aliphatic rings. The summed E-state index contributed by atoms with van der Waals surface area (Å²) in [4.78, 5) is 28.9. The highest BCUT2D eigenvalue weighted by Gasteiger charge is 2.45. The first-order valence-electron chi connectivity index (χ1n) is 9.03. The smallest absolute Gasteiger partial charge is 0.320 e. The second-order valence-corrected chi connectivity index (χ2v) is 7.54. The Hall–Kier alpha value is -2.10. The summed E-state index contributed by atoms with van der Waals surface area (Å²) < 4.78 is 0. The fourth-order valence-corrected chi connectivity index (χ4v) is 3.61. The van der Waals surface area contributed by atoms with Crippen molar-refractivity contribution in [3.05, 3.63) is 47.0 Å². The molecule has 4 nitrogen and oxygen atoms in total. The highest BCUT2D eigenvalue weighted by Crippen LogP contribution is 2.43. The first-order chi connectivity index (χ1) is 11.7. The van der Waals surface area contributed by atoms with E-state index in [1.54, 1.807) is 4.90 Å². The number of rotatable bonds is 4. The average Bonchev–Trinajstić information content (AvgIpc) is 2.60. The van der Waals surface area contributed by atoms with Gasteiger partial charge in [-0.3, -0.25) is 4.79 Å². The number of carbonyl (C=O) groups is 2. The molecule has 0 bridgehead atoms. The molecule has 0 aromatic heterocycles. The van der Waals surface area contributed by atoms with E-state index in [2.05, 4.69) is 13.8 Å². The Bertz CT molecular complexity index is 664. The molecule has 0 spiro atoms. The molecule has 1 aromatic carbocycles. The van der Waals surface area contributed by atoms with E-state index in [9.17, 15) is 9.59 Å². The lowest BCUT2D eigenvalue weighted by molar-refractivity contribution is -0.106. The van der Waals surface area contributed by atoms with Crippen LogP contribution in [0.5, 0.6) is 0 Å². The van der Waals surface area contributed by atoms with Gasteiger partial charge in [0.05, 0.1) is 5.54 Å². The van der Waals surface area contributed by atoms with Crippen molar-refractivity contribution in [1.82, 2.24) is 9.80 Å². The van der Waals surface area contributed by atoms with Crippen LogP contribution >= 0.6 is 0 Å². The van der Waals surface area contributed by atoms with Gasteiger partial charge >= 0.3 is 6.03 Å². The fourth-order valence-electron chi connectivity index (χ4n) is 3.61. The van der Waals surface area contributed by atoms with Gasteiger partial charge in [0, 0.05) is 25.2 Å². The molecule has 1 aromatic rings. The summed E-state index contributed by atoms with van der Waals surface area (Å²) in [5, 5.41) is 0. The van der Waals surface area contributed by atoms with Crippen LogP contribution in [0.3, 0.4) is 0 Å². The Morgan fingerprint density at radius 3 is 2.28 bits per heavy atom. The van der Waals surface area contributed by atoms with E-state index in [0.29, 0.717) is 6.54 Å². The van der Waals surface area contributed by atoms with Crippen LogP contribution in [0.2, 0.25) is 0 Å². The van der Waals surface area contributed by atoms with Crippen molar-refractivity contribution in [3.63, 3.8) is 0 Å². The van der Waals surface area contributed by atoms with E-state index < -0.39 is 5.54 Å². The maximum atomic E-state index is 13.2. The van der Waals surface area contributed by atoms with Gasteiger partial charge in [-0.15, -0.1) is 0 Å². The standard InChI is InChI=1S/C21H30N2O2/c1-15(2)18-12-13-23(20(25)22(6)16(3)4)21(5,19(18)14-24)17-10-8-7-9-11-17/h7-11,14-16H,12-13H2,1-6H3. The number of nitrogens with zero attached hydrogens (tertiary/aromatic N) is 2. The first-order valence-corrected chi connectivity index (χ1v) is 9.03. The molecule has 1 unspecified atom stereocenters. The number of urea groups is 1. The molecule has 0 radical (unpaired) electrons. The number of hydrogen-bond acceptors (Lipinski definition) is 2. The molecule has 136 valence electrons. The highest BCUT2D eigenvalue weighted by molar-refractivity contribution is 5.84. The number of aldehydes is 1. The Balaban J connectivity index is 2.66. The van der Waals surface area contributed by atoms with E-state index in [0.717, 1.165) is 29.4 Å². The normalized spacial score (nSPS) is 21.0. The molecule has 25 heavy (non-hydrogen) atoms. The third-order valence-corrected chi connectivity index (χ3v) is 5.47. The van der Waals surface area contributed by atoms with Crippen LogP contribution in [0, 0.1) is 5.92 Å². The van der Waals surface area contributed by atoms with E-state index in [4.69, 9.17) is 0 Å². The fraction of sp³-hybridized carbons (Fsp3) is 0.524. The zero-order valence-electron chi connectivity index (χ0n) is 16.2. The zero-order chi connectivity index (χ0) is 18.8. The van der Waals surface area contributed by atoms with Crippen molar-refractivity contribution in [2.45, 2.75) is 52.6 Å². The van der Waals surface area contributed by atoms with Crippen LogP contribution in [0.25, 0.3) is 0 Å². The van der Waals surface area contributed by atoms with Crippen molar-refractivity contribution in [2.75, 3.05) is 13.6 Å². The Kier molecular flexibility index (Phi) is 5.71. The minimum absolute atomic E-state index is 0.0384. The van der Waals surface area contributed by atoms with Crippen molar-refractivity contribution >= 4 is 12.3 Å². The lowest BCUT2D eigenvalue weighted by atomic mass is 9.75. The van der Waals surface area contributed by atoms with Crippen molar-refractivity contribution in [2.24, 2.45) is 5.92 Å². The minimum atomic E-state index is -0.749. The van der Waals surface area contributed by atoms with Crippen LogP contribution < -0.4 is 0 Å². The molecule has 0 saturated carbocycles. The van der Waals surface area contributed by atoms with Crippen molar-refractivity contribution < 1.29 is 9.59 Å². The Morgan fingerprint density at radius 2 is 1.80 bits per heavy atom. The third-order valence-electron chi connectivity index (χ3n) is 5.47. The molecule has 2 amide bonds. The molecule has 0 saturated heterocycles. The molecule has 0 fully saturated rings. The van der Waals surface area contributed by atoms with Crippen molar-refractivity contribution in [1.29, 1.82) is 0 Å². The van der Waals surface area contributed by atoms with Crippen LogP contribution in [0.4, 0.5) is 4.79 Å². The summed E-state index contributed by atoms with van der Waals surface area (Å²) >= 11 is 0. The number of carbonyl (C=O) groups excluding carboxylic acids is 2. The maximum Gasteiger partial charge on any atom is 0.320 e. The van der Waals surface area contributed by atoms with Crippen LogP contribution in [-0.2, 0) is 10.3 Å². The number of hydrogen-bond donors (Lipinski definition) is 0. The Morgan fingerprint density at radius 1 is 1.20 bits per heavy atom. The minimum Gasteiger partial charge on any atom is -0.325 e. The van der Waals surface area contributed by atoms with Gasteiger partial charge in [-0.05, 0) is 38.7 Å². The van der Waals surface area contributed by atoms with Crippen LogP contribution in [0.15, 0.2) is 41.5 Å². The lowest BCUT2D eigenvalue weighted by Crippen LogP contribution is -2.57. The highest BCUT2D eigenvalue weighted by atomic mass is 16.2. The molecule has 1 aliphatic heterocycles. The van der Waals surface area contributed by atoms with Crippen LogP contribution in [-0.4, -0.2) is 41.8 Å². The first kappa shape index (κ1) is 19.2. The van der Waals surface area contributed by atoms with Crippen LogP contribution in [0.1, 0.15) is 46.6 Å². The van der Waals surface area contributed by atoms with Gasteiger partial charge < -0.3 is 9.80 Å². The molecule has 1 atom stereocenters. The summed E-state index contributed by atoms with van der Waals surface area (Å²) in [7, 11) is 1.82.